The molecule has 0 heterocycles. The standard InChI is InChI=1S/C17H21NO2/c1-3-10-20-17-9-8-14-6-4-5-7-15(14)16(17)12-18-11-13(2)19/h3-9,13,18-19H,1,10-12H2,2H3/t13-/m1/s1. The summed E-state index contributed by atoms with van der Waals surface area (Å²) in [7, 11) is 0. The van der Waals surface area contributed by atoms with Crippen LogP contribution >= 0.6 is 0 Å². The monoisotopic (exact) mass is 271 g/mol. The molecule has 2 aromatic rings. The number of aliphatic hydroxyl groups is 1. The maximum atomic E-state index is 9.35. The summed E-state index contributed by atoms with van der Waals surface area (Å²) >= 11 is 0. The maximum absolute atomic E-state index is 9.35. The lowest BCUT2D eigenvalue weighted by molar-refractivity contribution is 0.191. The van der Waals surface area contributed by atoms with Crippen LogP contribution in [0.1, 0.15) is 12.5 Å². The zero-order chi connectivity index (χ0) is 14.4. The lowest BCUT2D eigenvalue weighted by Gasteiger charge is -2.15. The minimum absolute atomic E-state index is 0.359. The van der Waals surface area contributed by atoms with Gasteiger partial charge in [0.1, 0.15) is 12.4 Å². The Morgan fingerprint density at radius 3 is 2.85 bits per heavy atom. The molecule has 1 atom stereocenters. The fourth-order valence-electron chi connectivity index (χ4n) is 2.19. The molecule has 2 rings (SSSR count). The molecule has 106 valence electrons. The van der Waals surface area contributed by atoms with Crippen LogP contribution in [-0.4, -0.2) is 24.4 Å². The van der Waals surface area contributed by atoms with Gasteiger partial charge in [-0.15, -0.1) is 0 Å². The predicted molar refractivity (Wildman–Crippen MR) is 83.0 cm³/mol. The van der Waals surface area contributed by atoms with Gasteiger partial charge in [0.15, 0.2) is 0 Å². The molecule has 20 heavy (non-hydrogen) atoms. The molecule has 0 aliphatic heterocycles. The lowest BCUT2D eigenvalue weighted by Crippen LogP contribution is -2.24. The molecule has 0 saturated heterocycles. The third kappa shape index (κ3) is 3.59. The number of nitrogens with one attached hydrogen (secondary N) is 1. The van der Waals surface area contributed by atoms with E-state index < -0.39 is 0 Å². The number of hydrogen-bond donors (Lipinski definition) is 2. The number of aliphatic hydroxyl groups excluding tert-OH is 1. The smallest absolute Gasteiger partial charge is 0.124 e. The van der Waals surface area contributed by atoms with E-state index in [1.54, 1.807) is 13.0 Å². The Balaban J connectivity index is 2.31. The van der Waals surface area contributed by atoms with E-state index in [4.69, 9.17) is 4.74 Å². The van der Waals surface area contributed by atoms with Crippen molar-refractivity contribution in [3.8, 4) is 5.75 Å². The molecule has 2 aromatic carbocycles. The van der Waals surface area contributed by atoms with E-state index in [2.05, 4.69) is 30.1 Å². The molecule has 2 N–H and O–H groups in total. The van der Waals surface area contributed by atoms with Gasteiger partial charge in [0.2, 0.25) is 0 Å². The molecule has 0 spiro atoms. The van der Waals surface area contributed by atoms with Crippen molar-refractivity contribution < 1.29 is 9.84 Å². The highest BCUT2D eigenvalue weighted by Gasteiger charge is 2.08. The maximum Gasteiger partial charge on any atom is 0.124 e. The van der Waals surface area contributed by atoms with Crippen molar-refractivity contribution in [2.24, 2.45) is 0 Å². The first-order valence-electron chi connectivity index (χ1n) is 6.85. The lowest BCUT2D eigenvalue weighted by atomic mass is 10.0. The van der Waals surface area contributed by atoms with E-state index in [-0.39, 0.29) is 6.10 Å². The van der Waals surface area contributed by atoms with Crippen LogP contribution in [0.4, 0.5) is 0 Å². The summed E-state index contributed by atoms with van der Waals surface area (Å²) in [5, 5.41) is 15.0. The summed E-state index contributed by atoms with van der Waals surface area (Å²) in [6, 6.07) is 12.3. The Morgan fingerprint density at radius 2 is 2.10 bits per heavy atom. The minimum Gasteiger partial charge on any atom is -0.489 e. The number of ether oxygens (including phenoxy) is 1. The highest BCUT2D eigenvalue weighted by Crippen LogP contribution is 2.28. The van der Waals surface area contributed by atoms with Crippen LogP contribution in [0.25, 0.3) is 10.8 Å². The van der Waals surface area contributed by atoms with Gasteiger partial charge in [-0.25, -0.2) is 0 Å². The summed E-state index contributed by atoms with van der Waals surface area (Å²) in [6.45, 7) is 7.16. The Hall–Kier alpha value is -1.84. The molecule has 0 unspecified atom stereocenters. The van der Waals surface area contributed by atoms with Crippen molar-refractivity contribution in [2.75, 3.05) is 13.2 Å². The van der Waals surface area contributed by atoms with Crippen molar-refractivity contribution in [3.63, 3.8) is 0 Å². The van der Waals surface area contributed by atoms with E-state index in [0.29, 0.717) is 19.7 Å². The van der Waals surface area contributed by atoms with Crippen LogP contribution in [0.3, 0.4) is 0 Å². The first-order valence-corrected chi connectivity index (χ1v) is 6.85. The molecule has 0 amide bonds. The molecule has 0 aliphatic rings. The largest absolute Gasteiger partial charge is 0.489 e. The van der Waals surface area contributed by atoms with Crippen molar-refractivity contribution >= 4 is 10.8 Å². The predicted octanol–water partition coefficient (Wildman–Crippen LogP) is 2.88. The fraction of sp³-hybridized carbons (Fsp3) is 0.294. The number of hydrogen-bond acceptors (Lipinski definition) is 3. The van der Waals surface area contributed by atoms with Crippen LogP contribution in [0, 0.1) is 0 Å². The van der Waals surface area contributed by atoms with Crippen LogP contribution in [0.15, 0.2) is 49.1 Å². The molecular formula is C17H21NO2. The molecule has 0 bridgehead atoms. The van der Waals surface area contributed by atoms with Crippen LogP contribution in [-0.2, 0) is 6.54 Å². The third-order valence-electron chi connectivity index (χ3n) is 3.10. The Labute approximate surface area is 119 Å². The third-order valence-corrected chi connectivity index (χ3v) is 3.10. The van der Waals surface area contributed by atoms with E-state index in [0.717, 1.165) is 11.3 Å². The van der Waals surface area contributed by atoms with E-state index in [1.165, 1.54) is 10.8 Å². The van der Waals surface area contributed by atoms with Gasteiger partial charge in [0.25, 0.3) is 0 Å². The second kappa shape index (κ2) is 7.08. The SMILES string of the molecule is C=CCOc1ccc2ccccc2c1CNC[C@@H](C)O. The van der Waals surface area contributed by atoms with E-state index in [9.17, 15) is 5.11 Å². The second-order valence-corrected chi connectivity index (χ2v) is 4.84. The van der Waals surface area contributed by atoms with Crippen molar-refractivity contribution in [1.29, 1.82) is 0 Å². The Morgan fingerprint density at radius 1 is 1.30 bits per heavy atom. The zero-order valence-corrected chi connectivity index (χ0v) is 11.8. The second-order valence-electron chi connectivity index (χ2n) is 4.84. The van der Waals surface area contributed by atoms with E-state index >= 15 is 0 Å². The van der Waals surface area contributed by atoms with Gasteiger partial charge in [-0.3, -0.25) is 0 Å². The molecule has 0 fully saturated rings. The molecule has 3 heteroatoms. The van der Waals surface area contributed by atoms with Crippen LogP contribution < -0.4 is 10.1 Å². The summed E-state index contributed by atoms with van der Waals surface area (Å²) in [5.74, 6) is 0.863. The molecule has 3 nitrogen and oxygen atoms in total. The average Bonchev–Trinajstić information content (AvgIpc) is 2.45. The topological polar surface area (TPSA) is 41.5 Å². The van der Waals surface area contributed by atoms with Gasteiger partial charge in [-0.1, -0.05) is 43.0 Å². The summed E-state index contributed by atoms with van der Waals surface area (Å²) in [4.78, 5) is 0. The van der Waals surface area contributed by atoms with Gasteiger partial charge < -0.3 is 15.2 Å². The highest BCUT2D eigenvalue weighted by molar-refractivity contribution is 5.87. The number of fused-ring (bicyclic) bond motifs is 1. The molecule has 0 aromatic heterocycles. The Kier molecular flexibility index (Phi) is 5.16. The zero-order valence-electron chi connectivity index (χ0n) is 11.8. The summed E-state index contributed by atoms with van der Waals surface area (Å²) in [5.41, 5.74) is 1.12. The quantitative estimate of drug-likeness (QED) is 0.761. The molecule has 0 aliphatic carbocycles. The van der Waals surface area contributed by atoms with Gasteiger partial charge in [0.05, 0.1) is 6.10 Å². The normalized spacial score (nSPS) is 12.3. The minimum atomic E-state index is -0.359. The highest BCUT2D eigenvalue weighted by atomic mass is 16.5. The molecular weight excluding hydrogens is 250 g/mol. The number of benzene rings is 2. The summed E-state index contributed by atoms with van der Waals surface area (Å²) in [6.07, 6.45) is 1.38. The van der Waals surface area contributed by atoms with Crippen molar-refractivity contribution in [3.05, 3.63) is 54.6 Å². The van der Waals surface area contributed by atoms with Gasteiger partial charge in [-0.2, -0.15) is 0 Å². The summed E-state index contributed by atoms with van der Waals surface area (Å²) < 4.78 is 5.73. The first-order chi connectivity index (χ1) is 9.72. The number of rotatable bonds is 7. The van der Waals surface area contributed by atoms with Crippen LogP contribution in [0.5, 0.6) is 5.75 Å². The van der Waals surface area contributed by atoms with Gasteiger partial charge >= 0.3 is 0 Å². The average molecular weight is 271 g/mol. The fourth-order valence-corrected chi connectivity index (χ4v) is 2.19. The van der Waals surface area contributed by atoms with Crippen molar-refractivity contribution in [2.45, 2.75) is 19.6 Å². The first kappa shape index (κ1) is 14.6. The van der Waals surface area contributed by atoms with E-state index in [1.807, 2.05) is 18.2 Å². The van der Waals surface area contributed by atoms with Crippen molar-refractivity contribution in [1.82, 2.24) is 5.32 Å². The molecule has 0 saturated carbocycles. The Bertz CT molecular complexity index is 578. The van der Waals surface area contributed by atoms with Gasteiger partial charge in [-0.05, 0) is 23.8 Å². The van der Waals surface area contributed by atoms with Crippen LogP contribution in [0.2, 0.25) is 0 Å². The molecule has 0 radical (unpaired) electrons. The van der Waals surface area contributed by atoms with Gasteiger partial charge in [0, 0.05) is 18.7 Å².